The smallest absolute Gasteiger partial charge is 0.150 e. The van der Waals surface area contributed by atoms with Crippen LogP contribution >= 0.6 is 23.2 Å². The molecule has 0 spiro atoms. The number of anilines is 2. The maximum absolute atomic E-state index is 8.96. The zero-order valence-electron chi connectivity index (χ0n) is 11.6. The molecule has 0 aromatic carbocycles. The summed E-state index contributed by atoms with van der Waals surface area (Å²) in [6.45, 7) is 7.18. The number of nitrogens with zero attached hydrogens (tertiary/aromatic N) is 3. The molecule has 0 saturated carbocycles. The van der Waals surface area contributed by atoms with Crippen LogP contribution < -0.4 is 10.2 Å². The largest absolute Gasteiger partial charge is 0.395 e. The Hall–Kier alpha value is -0.750. The number of piperazine rings is 1. The predicted molar refractivity (Wildman–Crippen MR) is 84.2 cm³/mol. The molecule has 7 heteroatoms. The molecule has 0 radical (unpaired) electrons. The summed E-state index contributed by atoms with van der Waals surface area (Å²) >= 11 is 12.4. The maximum Gasteiger partial charge on any atom is 0.150 e. The Labute approximate surface area is 129 Å². The summed E-state index contributed by atoms with van der Waals surface area (Å²) in [5, 5.41) is 13.2. The van der Waals surface area contributed by atoms with Crippen LogP contribution in [0.25, 0.3) is 0 Å². The van der Waals surface area contributed by atoms with E-state index in [1.165, 1.54) is 0 Å². The molecule has 1 aliphatic rings. The number of nitrogens with one attached hydrogen (secondary N) is 1. The molecule has 2 rings (SSSR count). The summed E-state index contributed by atoms with van der Waals surface area (Å²) in [5.41, 5.74) is 0. The maximum atomic E-state index is 8.96. The number of halogens is 2. The van der Waals surface area contributed by atoms with Crippen molar-refractivity contribution in [3.63, 3.8) is 0 Å². The van der Waals surface area contributed by atoms with Gasteiger partial charge in [-0.3, -0.25) is 4.90 Å². The Morgan fingerprint density at radius 1 is 1.25 bits per heavy atom. The Balaban J connectivity index is 2.11. The molecule has 20 heavy (non-hydrogen) atoms. The fourth-order valence-corrected chi connectivity index (χ4v) is 2.84. The molecule has 1 aromatic heterocycles. The van der Waals surface area contributed by atoms with Gasteiger partial charge in [-0.05, 0) is 13.0 Å². The molecule has 112 valence electrons. The summed E-state index contributed by atoms with van der Waals surface area (Å²) in [6, 6.07) is 1.74. The van der Waals surface area contributed by atoms with Crippen molar-refractivity contribution >= 4 is 34.8 Å². The minimum Gasteiger partial charge on any atom is -0.395 e. The first-order chi connectivity index (χ1) is 9.65. The number of hydrogen-bond donors (Lipinski definition) is 2. The van der Waals surface area contributed by atoms with Crippen LogP contribution in [0.5, 0.6) is 0 Å². The first-order valence-electron chi connectivity index (χ1n) is 6.83. The van der Waals surface area contributed by atoms with Crippen LogP contribution in [0.4, 0.5) is 11.6 Å². The predicted octanol–water partition coefficient (Wildman–Crippen LogP) is 1.93. The Morgan fingerprint density at radius 3 is 2.55 bits per heavy atom. The highest BCUT2D eigenvalue weighted by molar-refractivity contribution is 6.37. The molecule has 0 bridgehead atoms. The van der Waals surface area contributed by atoms with Gasteiger partial charge < -0.3 is 15.3 Å². The van der Waals surface area contributed by atoms with Crippen molar-refractivity contribution in [2.45, 2.75) is 6.92 Å². The summed E-state index contributed by atoms with van der Waals surface area (Å²) in [7, 11) is 0. The van der Waals surface area contributed by atoms with Crippen LogP contribution in [0.1, 0.15) is 6.92 Å². The van der Waals surface area contributed by atoms with Crippen LogP contribution in [0.3, 0.4) is 0 Å². The standard InChI is InChI=1S/C13H20Cl2N4O/c1-2-16-12-10(14)9-11(15)13(17-12)19-5-3-18(4-6-19)7-8-20/h9,20H,2-8H2,1H3,(H,16,17). The number of aliphatic hydroxyl groups excluding tert-OH is 1. The van der Waals surface area contributed by atoms with Crippen molar-refractivity contribution < 1.29 is 5.11 Å². The van der Waals surface area contributed by atoms with E-state index >= 15 is 0 Å². The van der Waals surface area contributed by atoms with E-state index in [1.807, 2.05) is 6.92 Å². The van der Waals surface area contributed by atoms with Crippen molar-refractivity contribution in [3.05, 3.63) is 16.1 Å². The molecule has 2 N–H and O–H groups in total. The first-order valence-corrected chi connectivity index (χ1v) is 7.59. The second-order valence-electron chi connectivity index (χ2n) is 4.71. The topological polar surface area (TPSA) is 51.6 Å². The van der Waals surface area contributed by atoms with Crippen LogP contribution in [0.2, 0.25) is 10.0 Å². The third-order valence-corrected chi connectivity index (χ3v) is 3.91. The van der Waals surface area contributed by atoms with Gasteiger partial charge in [0, 0.05) is 39.3 Å². The number of rotatable bonds is 5. The van der Waals surface area contributed by atoms with Gasteiger partial charge in [-0.25, -0.2) is 4.98 Å². The Bertz CT molecular complexity index is 450. The number of aromatic nitrogens is 1. The fraction of sp³-hybridized carbons (Fsp3) is 0.615. The third-order valence-electron chi connectivity index (χ3n) is 3.34. The van der Waals surface area contributed by atoms with Crippen LogP contribution in [0, 0.1) is 0 Å². The van der Waals surface area contributed by atoms with E-state index in [0.29, 0.717) is 15.9 Å². The van der Waals surface area contributed by atoms with Crippen molar-refractivity contribution in [3.8, 4) is 0 Å². The fourth-order valence-electron chi connectivity index (χ4n) is 2.29. The quantitative estimate of drug-likeness (QED) is 0.869. The lowest BCUT2D eigenvalue weighted by Gasteiger charge is -2.35. The van der Waals surface area contributed by atoms with Gasteiger partial charge in [0.2, 0.25) is 0 Å². The van der Waals surface area contributed by atoms with Crippen molar-refractivity contribution in [2.24, 2.45) is 0 Å². The number of hydrogen-bond acceptors (Lipinski definition) is 5. The zero-order valence-corrected chi connectivity index (χ0v) is 13.1. The molecule has 0 amide bonds. The van der Waals surface area contributed by atoms with Gasteiger partial charge >= 0.3 is 0 Å². The van der Waals surface area contributed by atoms with E-state index in [0.717, 1.165) is 45.1 Å². The number of pyridine rings is 1. The van der Waals surface area contributed by atoms with Gasteiger partial charge in [0.25, 0.3) is 0 Å². The summed E-state index contributed by atoms with van der Waals surface area (Å²) in [6.07, 6.45) is 0. The van der Waals surface area contributed by atoms with Crippen LogP contribution in [-0.2, 0) is 0 Å². The SMILES string of the molecule is CCNc1nc(N2CCN(CCO)CC2)c(Cl)cc1Cl. The molecule has 2 heterocycles. The van der Waals surface area contributed by atoms with Crippen LogP contribution in [-0.4, -0.2) is 60.9 Å². The minimum atomic E-state index is 0.199. The molecule has 5 nitrogen and oxygen atoms in total. The molecule has 1 aliphatic heterocycles. The summed E-state index contributed by atoms with van der Waals surface area (Å²) < 4.78 is 0. The highest BCUT2D eigenvalue weighted by atomic mass is 35.5. The lowest BCUT2D eigenvalue weighted by Crippen LogP contribution is -2.47. The van der Waals surface area contributed by atoms with Crippen LogP contribution in [0.15, 0.2) is 6.07 Å². The normalized spacial score (nSPS) is 16.5. The van der Waals surface area contributed by atoms with E-state index in [1.54, 1.807) is 6.07 Å². The van der Waals surface area contributed by atoms with Gasteiger partial charge in [-0.1, -0.05) is 23.2 Å². The second kappa shape index (κ2) is 7.31. The molecule has 0 atom stereocenters. The minimum absolute atomic E-state index is 0.199. The van der Waals surface area contributed by atoms with Gasteiger partial charge in [0.15, 0.2) is 0 Å². The number of β-amino-alcohol motifs (C(OH)–C–C–N with tert-alkyl or cyclic N) is 1. The highest BCUT2D eigenvalue weighted by Gasteiger charge is 2.20. The summed E-state index contributed by atoms with van der Waals surface area (Å²) in [4.78, 5) is 8.93. The molecule has 0 aliphatic carbocycles. The van der Waals surface area contributed by atoms with Gasteiger partial charge in [-0.15, -0.1) is 0 Å². The van der Waals surface area contributed by atoms with Gasteiger partial charge in [-0.2, -0.15) is 0 Å². The zero-order chi connectivity index (χ0) is 14.5. The average molecular weight is 319 g/mol. The molecule has 1 aromatic rings. The van der Waals surface area contributed by atoms with Crippen molar-refractivity contribution in [2.75, 3.05) is 56.1 Å². The van der Waals surface area contributed by atoms with Gasteiger partial charge in [0.05, 0.1) is 16.7 Å². The van der Waals surface area contributed by atoms with Crippen molar-refractivity contribution in [1.82, 2.24) is 9.88 Å². The molecular weight excluding hydrogens is 299 g/mol. The lowest BCUT2D eigenvalue weighted by atomic mass is 10.3. The highest BCUT2D eigenvalue weighted by Crippen LogP contribution is 2.31. The third kappa shape index (κ3) is 3.67. The van der Waals surface area contributed by atoms with E-state index in [4.69, 9.17) is 28.3 Å². The van der Waals surface area contributed by atoms with E-state index in [9.17, 15) is 0 Å². The van der Waals surface area contributed by atoms with E-state index < -0.39 is 0 Å². The van der Waals surface area contributed by atoms with Crippen molar-refractivity contribution in [1.29, 1.82) is 0 Å². The molecule has 1 saturated heterocycles. The van der Waals surface area contributed by atoms with E-state index in [-0.39, 0.29) is 6.61 Å². The Kier molecular flexibility index (Phi) is 5.72. The summed E-state index contributed by atoms with van der Waals surface area (Å²) in [5.74, 6) is 1.45. The monoisotopic (exact) mass is 318 g/mol. The Morgan fingerprint density at radius 2 is 1.95 bits per heavy atom. The van der Waals surface area contributed by atoms with E-state index in [2.05, 4.69) is 20.1 Å². The second-order valence-corrected chi connectivity index (χ2v) is 5.52. The molecule has 1 fully saturated rings. The molecular formula is C13H20Cl2N4O. The first kappa shape index (κ1) is 15.6. The van der Waals surface area contributed by atoms with Gasteiger partial charge in [0.1, 0.15) is 11.6 Å². The average Bonchev–Trinajstić information content (AvgIpc) is 2.43. The lowest BCUT2D eigenvalue weighted by molar-refractivity contribution is 0.188. The number of aliphatic hydroxyl groups is 1. The molecule has 0 unspecified atom stereocenters.